The molecule has 0 saturated carbocycles. The molecule has 2 rings (SSSR count). The first-order chi connectivity index (χ1) is 6.68. The molecule has 1 aromatic heterocycles. The van der Waals surface area contributed by atoms with Crippen molar-refractivity contribution in [3.63, 3.8) is 0 Å². The molecule has 1 unspecified atom stereocenters. The Labute approximate surface area is 82.3 Å². The highest BCUT2D eigenvalue weighted by molar-refractivity contribution is 5.86. The summed E-state index contributed by atoms with van der Waals surface area (Å²) in [4.78, 5) is 11.8. The van der Waals surface area contributed by atoms with Crippen LogP contribution in [0.3, 0.4) is 0 Å². The summed E-state index contributed by atoms with van der Waals surface area (Å²) >= 11 is 0. The van der Waals surface area contributed by atoms with Gasteiger partial charge in [0.25, 0.3) is 5.91 Å². The van der Waals surface area contributed by atoms with E-state index in [9.17, 15) is 4.79 Å². The van der Waals surface area contributed by atoms with Crippen LogP contribution in [0.5, 0.6) is 0 Å². The van der Waals surface area contributed by atoms with Crippen LogP contribution in [0.4, 0.5) is 5.82 Å². The van der Waals surface area contributed by atoms with Crippen molar-refractivity contribution in [1.29, 1.82) is 0 Å². The molecule has 5 nitrogen and oxygen atoms in total. The van der Waals surface area contributed by atoms with Gasteiger partial charge in [-0.1, -0.05) is 0 Å². The maximum atomic E-state index is 11.8. The SMILES string of the molecule is Cc1cc(N)n(C(=O)C2CCCN2)n1. The predicted octanol–water partition coefficient (Wildman–Crippen LogP) is 0.166. The molecule has 14 heavy (non-hydrogen) atoms. The van der Waals surface area contributed by atoms with Crippen molar-refractivity contribution in [3.8, 4) is 0 Å². The normalized spacial score (nSPS) is 21.4. The van der Waals surface area contributed by atoms with E-state index in [0.29, 0.717) is 5.82 Å². The Kier molecular flexibility index (Phi) is 2.25. The van der Waals surface area contributed by atoms with Crippen molar-refractivity contribution < 1.29 is 4.79 Å². The number of carbonyl (C=O) groups excluding carboxylic acids is 1. The maximum Gasteiger partial charge on any atom is 0.265 e. The van der Waals surface area contributed by atoms with Crippen LogP contribution < -0.4 is 11.1 Å². The Bertz CT molecular complexity index is 352. The van der Waals surface area contributed by atoms with Gasteiger partial charge < -0.3 is 11.1 Å². The van der Waals surface area contributed by atoms with Crippen molar-refractivity contribution in [3.05, 3.63) is 11.8 Å². The molecule has 1 aliphatic heterocycles. The average Bonchev–Trinajstić information content (AvgIpc) is 2.73. The molecule has 1 fully saturated rings. The highest BCUT2D eigenvalue weighted by atomic mass is 16.2. The van der Waals surface area contributed by atoms with E-state index < -0.39 is 0 Å². The summed E-state index contributed by atoms with van der Waals surface area (Å²) in [6.07, 6.45) is 1.91. The summed E-state index contributed by atoms with van der Waals surface area (Å²) in [7, 11) is 0. The summed E-state index contributed by atoms with van der Waals surface area (Å²) in [6.45, 7) is 2.72. The molecular formula is C9H14N4O. The summed E-state index contributed by atoms with van der Waals surface area (Å²) in [5.74, 6) is 0.370. The van der Waals surface area contributed by atoms with Crippen molar-refractivity contribution >= 4 is 11.7 Å². The van der Waals surface area contributed by atoms with E-state index in [0.717, 1.165) is 25.1 Å². The number of anilines is 1. The van der Waals surface area contributed by atoms with Gasteiger partial charge in [-0.25, -0.2) is 0 Å². The summed E-state index contributed by atoms with van der Waals surface area (Å²) in [5.41, 5.74) is 6.43. The zero-order valence-corrected chi connectivity index (χ0v) is 8.16. The zero-order valence-electron chi connectivity index (χ0n) is 8.16. The number of aromatic nitrogens is 2. The number of hydrogen-bond donors (Lipinski definition) is 2. The third-order valence-electron chi connectivity index (χ3n) is 2.43. The van der Waals surface area contributed by atoms with Gasteiger partial charge in [0.1, 0.15) is 5.82 Å². The lowest BCUT2D eigenvalue weighted by atomic mass is 10.2. The lowest BCUT2D eigenvalue weighted by Crippen LogP contribution is -2.35. The van der Waals surface area contributed by atoms with E-state index in [1.165, 1.54) is 4.68 Å². The fraction of sp³-hybridized carbons (Fsp3) is 0.556. The monoisotopic (exact) mass is 194 g/mol. The Balaban J connectivity index is 2.21. The minimum absolute atomic E-state index is 0.0481. The molecule has 0 radical (unpaired) electrons. The highest BCUT2D eigenvalue weighted by Crippen LogP contribution is 2.11. The van der Waals surface area contributed by atoms with E-state index in [1.54, 1.807) is 6.07 Å². The van der Waals surface area contributed by atoms with Crippen LogP contribution in [0, 0.1) is 6.92 Å². The molecule has 5 heteroatoms. The summed E-state index contributed by atoms with van der Waals surface area (Å²) in [6, 6.07) is 1.59. The second kappa shape index (κ2) is 3.42. The number of nitrogens with two attached hydrogens (primary N) is 1. The van der Waals surface area contributed by atoms with E-state index in [1.807, 2.05) is 6.92 Å². The predicted molar refractivity (Wildman–Crippen MR) is 53.0 cm³/mol. The molecule has 0 amide bonds. The van der Waals surface area contributed by atoms with Gasteiger partial charge in [-0.15, -0.1) is 0 Å². The van der Waals surface area contributed by atoms with Crippen molar-refractivity contribution in [2.24, 2.45) is 0 Å². The van der Waals surface area contributed by atoms with Crippen LogP contribution in [0.2, 0.25) is 0 Å². The molecule has 0 bridgehead atoms. The first-order valence-electron chi connectivity index (χ1n) is 4.78. The number of hydrogen-bond acceptors (Lipinski definition) is 4. The number of nitrogens with zero attached hydrogens (tertiary/aromatic N) is 2. The van der Waals surface area contributed by atoms with Gasteiger partial charge in [-0.3, -0.25) is 4.79 Å². The van der Waals surface area contributed by atoms with Gasteiger partial charge in [0.15, 0.2) is 0 Å². The van der Waals surface area contributed by atoms with Gasteiger partial charge in [0.05, 0.1) is 11.7 Å². The van der Waals surface area contributed by atoms with Crippen LogP contribution in [0.25, 0.3) is 0 Å². The number of carbonyl (C=O) groups is 1. The minimum Gasteiger partial charge on any atom is -0.383 e. The average molecular weight is 194 g/mol. The summed E-state index contributed by atoms with van der Waals surface area (Å²) < 4.78 is 1.29. The molecule has 1 atom stereocenters. The summed E-state index contributed by atoms with van der Waals surface area (Å²) in [5, 5.41) is 7.18. The molecular weight excluding hydrogens is 180 g/mol. The van der Waals surface area contributed by atoms with E-state index >= 15 is 0 Å². The Morgan fingerprint density at radius 2 is 2.57 bits per heavy atom. The van der Waals surface area contributed by atoms with Crippen LogP contribution in [-0.4, -0.2) is 28.3 Å². The van der Waals surface area contributed by atoms with Gasteiger partial charge in [-0.2, -0.15) is 9.78 Å². The van der Waals surface area contributed by atoms with Gasteiger partial charge in [0, 0.05) is 6.07 Å². The smallest absolute Gasteiger partial charge is 0.265 e. The fourth-order valence-corrected chi connectivity index (χ4v) is 1.74. The maximum absolute atomic E-state index is 11.8. The van der Waals surface area contributed by atoms with Gasteiger partial charge in [0.2, 0.25) is 0 Å². The molecule has 1 aliphatic rings. The lowest BCUT2D eigenvalue weighted by molar-refractivity contribution is 0.0856. The van der Waals surface area contributed by atoms with Crippen molar-refractivity contribution in [1.82, 2.24) is 15.1 Å². The van der Waals surface area contributed by atoms with E-state index in [4.69, 9.17) is 5.73 Å². The third-order valence-corrected chi connectivity index (χ3v) is 2.43. The van der Waals surface area contributed by atoms with Gasteiger partial charge in [-0.05, 0) is 26.3 Å². The topological polar surface area (TPSA) is 72.9 Å². The zero-order chi connectivity index (χ0) is 10.1. The third kappa shape index (κ3) is 1.50. The molecule has 2 heterocycles. The van der Waals surface area contributed by atoms with E-state index in [2.05, 4.69) is 10.4 Å². The van der Waals surface area contributed by atoms with Gasteiger partial charge >= 0.3 is 0 Å². The van der Waals surface area contributed by atoms with Crippen LogP contribution in [0.1, 0.15) is 23.3 Å². The molecule has 1 saturated heterocycles. The second-order valence-corrected chi connectivity index (χ2v) is 3.61. The van der Waals surface area contributed by atoms with Crippen molar-refractivity contribution in [2.75, 3.05) is 12.3 Å². The van der Waals surface area contributed by atoms with Crippen LogP contribution in [-0.2, 0) is 0 Å². The minimum atomic E-state index is -0.114. The number of nitrogen functional groups attached to an aromatic ring is 1. The standard InChI is InChI=1S/C9H14N4O/c1-6-5-8(10)13(12-6)9(14)7-3-2-4-11-7/h5,7,11H,2-4,10H2,1H3. The second-order valence-electron chi connectivity index (χ2n) is 3.61. The Morgan fingerprint density at radius 3 is 3.07 bits per heavy atom. The molecule has 1 aromatic rings. The lowest BCUT2D eigenvalue weighted by Gasteiger charge is -2.09. The Hall–Kier alpha value is -1.36. The molecule has 0 spiro atoms. The molecule has 3 N–H and O–H groups in total. The van der Waals surface area contributed by atoms with Crippen LogP contribution in [0.15, 0.2) is 6.07 Å². The fourth-order valence-electron chi connectivity index (χ4n) is 1.74. The quantitative estimate of drug-likeness (QED) is 0.668. The first kappa shape index (κ1) is 9.21. The highest BCUT2D eigenvalue weighted by Gasteiger charge is 2.25. The molecule has 0 aliphatic carbocycles. The van der Waals surface area contributed by atoms with E-state index in [-0.39, 0.29) is 11.9 Å². The molecule has 0 aromatic carbocycles. The number of nitrogens with one attached hydrogen (secondary N) is 1. The molecule has 76 valence electrons. The van der Waals surface area contributed by atoms with Crippen molar-refractivity contribution in [2.45, 2.75) is 25.8 Å². The first-order valence-corrected chi connectivity index (χ1v) is 4.78. The Morgan fingerprint density at radius 1 is 1.79 bits per heavy atom. The number of aryl methyl sites for hydroxylation is 1. The van der Waals surface area contributed by atoms with Crippen LogP contribution >= 0.6 is 0 Å². The largest absolute Gasteiger partial charge is 0.383 e. The number of rotatable bonds is 1.